The lowest BCUT2D eigenvalue weighted by molar-refractivity contribution is 0.114. The van der Waals surface area contributed by atoms with Gasteiger partial charge >= 0.3 is 0 Å². The second-order valence-corrected chi connectivity index (χ2v) is 4.89. The fourth-order valence-electron chi connectivity index (χ4n) is 1.88. The molecule has 0 aliphatic heterocycles. The van der Waals surface area contributed by atoms with Crippen LogP contribution in [-0.4, -0.2) is 23.9 Å². The number of benzene rings is 1. The number of ether oxygens (including phenoxy) is 1. The van der Waals surface area contributed by atoms with Gasteiger partial charge in [-0.3, -0.25) is 0 Å². The number of halogens is 1. The first-order valence-corrected chi connectivity index (χ1v) is 5.84. The van der Waals surface area contributed by atoms with E-state index in [1.807, 2.05) is 6.92 Å². The van der Waals surface area contributed by atoms with Gasteiger partial charge < -0.3 is 15.6 Å². The third-order valence-corrected chi connectivity index (χ3v) is 3.27. The molecule has 0 saturated heterocycles. The topological polar surface area (TPSA) is 55.5 Å². The molecule has 4 heteroatoms. The Balaban J connectivity index is 2.03. The lowest BCUT2D eigenvalue weighted by atomic mass is 9.97. The van der Waals surface area contributed by atoms with Crippen molar-refractivity contribution in [1.29, 1.82) is 0 Å². The summed E-state index contributed by atoms with van der Waals surface area (Å²) in [7, 11) is 0. The molecular weight excluding hydrogens is 221 g/mol. The molecule has 1 atom stereocenters. The zero-order valence-electron chi connectivity index (χ0n) is 9.95. The second-order valence-electron chi connectivity index (χ2n) is 4.89. The number of aliphatic hydroxyl groups is 1. The summed E-state index contributed by atoms with van der Waals surface area (Å²) in [5.74, 6) is 0.0981. The zero-order valence-corrected chi connectivity index (χ0v) is 9.95. The van der Waals surface area contributed by atoms with Gasteiger partial charge in [0, 0.05) is 0 Å². The molecule has 0 bridgehead atoms. The Bertz CT molecular complexity index is 406. The van der Waals surface area contributed by atoms with E-state index in [1.54, 1.807) is 12.1 Å². The van der Waals surface area contributed by atoms with Crippen LogP contribution in [0.25, 0.3) is 0 Å². The van der Waals surface area contributed by atoms with Crippen LogP contribution in [0.15, 0.2) is 18.2 Å². The lowest BCUT2D eigenvalue weighted by Crippen LogP contribution is -2.51. The Morgan fingerprint density at radius 1 is 1.53 bits per heavy atom. The summed E-state index contributed by atoms with van der Waals surface area (Å²) in [6.07, 6.45) is 2.02. The molecule has 1 unspecified atom stereocenters. The predicted octanol–water partition coefficient (Wildman–Crippen LogP) is 1.61. The summed E-state index contributed by atoms with van der Waals surface area (Å²) in [5.41, 5.74) is 6.23. The summed E-state index contributed by atoms with van der Waals surface area (Å²) < 4.78 is 18.9. The van der Waals surface area contributed by atoms with Crippen molar-refractivity contribution < 1.29 is 14.2 Å². The highest BCUT2D eigenvalue weighted by Gasteiger charge is 2.42. The number of aliphatic hydroxyl groups excluding tert-OH is 1. The lowest BCUT2D eigenvalue weighted by Gasteiger charge is -2.27. The molecule has 17 heavy (non-hydrogen) atoms. The van der Waals surface area contributed by atoms with Gasteiger partial charge in [-0.2, -0.15) is 0 Å². The first-order chi connectivity index (χ1) is 8.05. The first-order valence-electron chi connectivity index (χ1n) is 5.84. The molecule has 0 spiro atoms. The van der Waals surface area contributed by atoms with Crippen molar-refractivity contribution in [3.05, 3.63) is 29.6 Å². The van der Waals surface area contributed by atoms with Crippen molar-refractivity contribution in [2.45, 2.75) is 25.3 Å². The van der Waals surface area contributed by atoms with Gasteiger partial charge in [0.25, 0.3) is 0 Å². The van der Waals surface area contributed by atoms with Gasteiger partial charge in [-0.1, -0.05) is 6.07 Å². The van der Waals surface area contributed by atoms with Crippen LogP contribution in [0.1, 0.15) is 18.4 Å². The maximum atomic E-state index is 13.4. The van der Waals surface area contributed by atoms with E-state index in [0.717, 1.165) is 18.4 Å². The normalized spacial score (nSPS) is 18.8. The van der Waals surface area contributed by atoms with Crippen molar-refractivity contribution in [3.63, 3.8) is 0 Å². The summed E-state index contributed by atoms with van der Waals surface area (Å²) in [6, 6.07) is 4.70. The smallest absolute Gasteiger partial charge is 0.165 e. The Morgan fingerprint density at radius 2 is 2.24 bits per heavy atom. The van der Waals surface area contributed by atoms with Crippen molar-refractivity contribution in [2.24, 2.45) is 11.7 Å². The van der Waals surface area contributed by atoms with Gasteiger partial charge in [-0.05, 0) is 43.4 Å². The Morgan fingerprint density at radius 3 is 2.82 bits per heavy atom. The highest BCUT2D eigenvalue weighted by molar-refractivity contribution is 5.29. The van der Waals surface area contributed by atoms with E-state index in [1.165, 1.54) is 6.07 Å². The maximum absolute atomic E-state index is 13.4. The molecule has 0 radical (unpaired) electrons. The molecule has 0 amide bonds. The fourth-order valence-corrected chi connectivity index (χ4v) is 1.88. The van der Waals surface area contributed by atoms with E-state index < -0.39 is 11.4 Å². The van der Waals surface area contributed by atoms with Crippen molar-refractivity contribution in [3.8, 4) is 5.75 Å². The summed E-state index contributed by atoms with van der Waals surface area (Å²) >= 11 is 0. The third kappa shape index (κ3) is 2.76. The number of aryl methyl sites for hydroxylation is 1. The molecule has 0 heterocycles. The van der Waals surface area contributed by atoms with Crippen LogP contribution in [0.3, 0.4) is 0 Å². The molecule has 1 aliphatic rings. The van der Waals surface area contributed by atoms with Crippen LogP contribution in [-0.2, 0) is 0 Å². The molecule has 1 aromatic rings. The summed E-state index contributed by atoms with van der Waals surface area (Å²) in [4.78, 5) is 0. The van der Waals surface area contributed by atoms with Gasteiger partial charge in [0.1, 0.15) is 6.61 Å². The maximum Gasteiger partial charge on any atom is 0.165 e. The standard InChI is InChI=1S/C13H18FNO2/c1-9-2-5-11(14)12(6-9)17-8-13(15,7-16)10-3-4-10/h2,5-6,10,16H,3-4,7-8,15H2,1H3. The highest BCUT2D eigenvalue weighted by Crippen LogP contribution is 2.38. The first kappa shape index (κ1) is 12.3. The third-order valence-electron chi connectivity index (χ3n) is 3.27. The molecule has 2 rings (SSSR count). The molecule has 0 aromatic heterocycles. The monoisotopic (exact) mass is 239 g/mol. The van der Waals surface area contributed by atoms with Gasteiger partial charge in [-0.25, -0.2) is 4.39 Å². The zero-order chi connectivity index (χ0) is 12.5. The average Bonchev–Trinajstić information content (AvgIpc) is 3.14. The quantitative estimate of drug-likeness (QED) is 0.820. The highest BCUT2D eigenvalue weighted by atomic mass is 19.1. The van der Waals surface area contributed by atoms with Crippen LogP contribution in [0.2, 0.25) is 0 Å². The van der Waals surface area contributed by atoms with E-state index in [9.17, 15) is 9.50 Å². The van der Waals surface area contributed by atoms with Crippen LogP contribution in [0, 0.1) is 18.7 Å². The predicted molar refractivity (Wildman–Crippen MR) is 63.4 cm³/mol. The Hall–Kier alpha value is -1.13. The van der Waals surface area contributed by atoms with E-state index in [-0.39, 0.29) is 19.0 Å². The van der Waals surface area contributed by atoms with E-state index in [4.69, 9.17) is 10.5 Å². The van der Waals surface area contributed by atoms with Crippen molar-refractivity contribution >= 4 is 0 Å². The molecular formula is C13H18FNO2. The molecule has 3 nitrogen and oxygen atoms in total. The number of hydrogen-bond donors (Lipinski definition) is 2. The van der Waals surface area contributed by atoms with Crippen LogP contribution >= 0.6 is 0 Å². The van der Waals surface area contributed by atoms with Crippen LogP contribution in [0.4, 0.5) is 4.39 Å². The number of rotatable bonds is 5. The molecule has 1 aliphatic carbocycles. The van der Waals surface area contributed by atoms with Crippen LogP contribution < -0.4 is 10.5 Å². The van der Waals surface area contributed by atoms with Gasteiger partial charge in [0.05, 0.1) is 12.1 Å². The Kier molecular flexibility index (Phi) is 3.35. The average molecular weight is 239 g/mol. The van der Waals surface area contributed by atoms with E-state index in [0.29, 0.717) is 5.92 Å². The largest absolute Gasteiger partial charge is 0.488 e. The second kappa shape index (κ2) is 4.63. The van der Waals surface area contributed by atoms with Crippen molar-refractivity contribution in [1.82, 2.24) is 0 Å². The van der Waals surface area contributed by atoms with Gasteiger partial charge in [0.15, 0.2) is 11.6 Å². The van der Waals surface area contributed by atoms with Gasteiger partial charge in [0.2, 0.25) is 0 Å². The van der Waals surface area contributed by atoms with E-state index >= 15 is 0 Å². The molecule has 1 fully saturated rings. The SMILES string of the molecule is Cc1ccc(F)c(OCC(N)(CO)C2CC2)c1. The van der Waals surface area contributed by atoms with Gasteiger partial charge in [-0.15, -0.1) is 0 Å². The van der Waals surface area contributed by atoms with Crippen molar-refractivity contribution in [2.75, 3.05) is 13.2 Å². The Labute approximate surface area is 100 Å². The minimum Gasteiger partial charge on any atom is -0.488 e. The minimum atomic E-state index is -0.740. The summed E-state index contributed by atoms with van der Waals surface area (Å²) in [6.45, 7) is 1.88. The molecule has 1 aromatic carbocycles. The fraction of sp³-hybridized carbons (Fsp3) is 0.538. The minimum absolute atomic E-state index is 0.134. The molecule has 94 valence electrons. The van der Waals surface area contributed by atoms with E-state index in [2.05, 4.69) is 0 Å². The number of hydrogen-bond acceptors (Lipinski definition) is 3. The molecule has 1 saturated carbocycles. The van der Waals surface area contributed by atoms with Crippen LogP contribution in [0.5, 0.6) is 5.75 Å². The molecule has 3 N–H and O–H groups in total. The number of nitrogens with two attached hydrogens (primary N) is 1. The summed E-state index contributed by atoms with van der Waals surface area (Å²) in [5, 5.41) is 9.30.